The summed E-state index contributed by atoms with van der Waals surface area (Å²) in [6, 6.07) is 11.0. The van der Waals surface area contributed by atoms with Crippen LogP contribution in [0.25, 0.3) is 11.1 Å². The van der Waals surface area contributed by atoms with Gasteiger partial charge in [-0.3, -0.25) is 0 Å². The quantitative estimate of drug-likeness (QED) is 0.670. The van der Waals surface area contributed by atoms with Crippen molar-refractivity contribution in [3.8, 4) is 0 Å². The molecule has 0 fully saturated rings. The lowest BCUT2D eigenvalue weighted by atomic mass is 9.93. The molecule has 0 radical (unpaired) electrons. The third-order valence-corrected chi connectivity index (χ3v) is 3.19. The molecule has 0 aromatic heterocycles. The summed E-state index contributed by atoms with van der Waals surface area (Å²) < 4.78 is 26.0. The molecule has 2 aromatic carbocycles. The first-order valence-electron chi connectivity index (χ1n) is 6.51. The molecule has 21 heavy (non-hydrogen) atoms. The average Bonchev–Trinajstić information content (AvgIpc) is 2.47. The zero-order valence-corrected chi connectivity index (χ0v) is 11.4. The summed E-state index contributed by atoms with van der Waals surface area (Å²) in [6.07, 6.45) is 0.463. The van der Waals surface area contributed by atoms with Gasteiger partial charge in [-0.05, 0) is 47.4 Å². The van der Waals surface area contributed by atoms with Crippen LogP contribution in [-0.4, -0.2) is 11.1 Å². The van der Waals surface area contributed by atoms with E-state index < -0.39 is 11.8 Å². The van der Waals surface area contributed by atoms with Crippen LogP contribution in [-0.2, 0) is 4.79 Å². The number of allylic oxidation sites excluding steroid dienone is 1. The van der Waals surface area contributed by atoms with Gasteiger partial charge in [0.15, 0.2) is 0 Å². The first-order valence-corrected chi connectivity index (χ1v) is 6.51. The smallest absolute Gasteiger partial charge is 0.336 e. The van der Waals surface area contributed by atoms with Gasteiger partial charge >= 0.3 is 5.97 Å². The Bertz CT molecular complexity index is 671. The largest absolute Gasteiger partial charge is 0.478 e. The van der Waals surface area contributed by atoms with Gasteiger partial charge in [-0.2, -0.15) is 0 Å². The van der Waals surface area contributed by atoms with Gasteiger partial charge in [-0.15, -0.1) is 0 Å². The van der Waals surface area contributed by atoms with Crippen molar-refractivity contribution in [2.24, 2.45) is 0 Å². The van der Waals surface area contributed by atoms with Crippen LogP contribution < -0.4 is 0 Å². The lowest BCUT2D eigenvalue weighted by molar-refractivity contribution is -0.130. The van der Waals surface area contributed by atoms with E-state index in [0.717, 1.165) is 0 Å². The monoisotopic (exact) mass is 288 g/mol. The summed E-state index contributed by atoms with van der Waals surface area (Å²) in [5.74, 6) is -1.90. The molecule has 0 atom stereocenters. The van der Waals surface area contributed by atoms with Gasteiger partial charge in [-0.25, -0.2) is 13.6 Å². The Morgan fingerprint density at radius 2 is 1.33 bits per heavy atom. The van der Waals surface area contributed by atoms with Crippen LogP contribution >= 0.6 is 0 Å². The molecule has 0 saturated carbocycles. The molecule has 0 aliphatic heterocycles. The Morgan fingerprint density at radius 3 is 1.71 bits per heavy atom. The summed E-state index contributed by atoms with van der Waals surface area (Å²) in [5.41, 5.74) is 1.74. The molecule has 0 amide bonds. The van der Waals surface area contributed by atoms with Gasteiger partial charge < -0.3 is 5.11 Å². The standard InChI is InChI=1S/C17H14F2O2/c1-2-15(11-3-7-13(18)8-4-11)16(17(20)21)12-5-9-14(19)10-6-12/h3-10H,2H2,1H3,(H,20,21)/b16-15-. The second-order valence-electron chi connectivity index (χ2n) is 4.53. The number of benzene rings is 2. The number of hydrogen-bond donors (Lipinski definition) is 1. The van der Waals surface area contributed by atoms with Crippen molar-refractivity contribution in [3.63, 3.8) is 0 Å². The van der Waals surface area contributed by atoms with Gasteiger partial charge in [0.05, 0.1) is 5.57 Å². The van der Waals surface area contributed by atoms with Gasteiger partial charge in [0, 0.05) is 0 Å². The molecule has 4 heteroatoms. The van der Waals surface area contributed by atoms with E-state index in [-0.39, 0.29) is 11.4 Å². The second kappa shape index (κ2) is 6.31. The SMILES string of the molecule is CC/C(=C(/C(=O)O)c1ccc(F)cc1)c1ccc(F)cc1. The average molecular weight is 288 g/mol. The van der Waals surface area contributed by atoms with E-state index in [4.69, 9.17) is 0 Å². The Balaban J connectivity index is 2.62. The number of carbonyl (C=O) groups is 1. The minimum absolute atomic E-state index is 0.101. The first kappa shape index (κ1) is 14.9. The van der Waals surface area contributed by atoms with Crippen LogP contribution in [0.3, 0.4) is 0 Å². The third kappa shape index (κ3) is 3.34. The highest BCUT2D eigenvalue weighted by molar-refractivity contribution is 6.23. The topological polar surface area (TPSA) is 37.3 Å². The Hall–Kier alpha value is -2.49. The molecular weight excluding hydrogens is 274 g/mol. The number of halogens is 2. The molecule has 2 aromatic rings. The van der Waals surface area contributed by atoms with Crippen molar-refractivity contribution in [2.45, 2.75) is 13.3 Å². The number of carboxylic acids is 1. The van der Waals surface area contributed by atoms with Crippen LogP contribution in [0.15, 0.2) is 48.5 Å². The Morgan fingerprint density at radius 1 is 0.905 bits per heavy atom. The molecule has 0 aliphatic rings. The molecule has 0 saturated heterocycles. The summed E-state index contributed by atoms with van der Waals surface area (Å²) >= 11 is 0. The van der Waals surface area contributed by atoms with E-state index in [1.54, 1.807) is 12.1 Å². The molecule has 0 bridgehead atoms. The van der Waals surface area contributed by atoms with Crippen LogP contribution in [0, 0.1) is 11.6 Å². The fourth-order valence-corrected chi connectivity index (χ4v) is 2.22. The maximum Gasteiger partial charge on any atom is 0.336 e. The van der Waals surface area contributed by atoms with Crippen molar-refractivity contribution < 1.29 is 18.7 Å². The van der Waals surface area contributed by atoms with E-state index in [0.29, 0.717) is 23.1 Å². The number of aliphatic carboxylic acids is 1. The molecular formula is C17H14F2O2. The highest BCUT2D eigenvalue weighted by atomic mass is 19.1. The van der Waals surface area contributed by atoms with E-state index >= 15 is 0 Å². The predicted octanol–water partition coefficient (Wildman–Crippen LogP) is 4.37. The zero-order chi connectivity index (χ0) is 15.4. The summed E-state index contributed by atoms with van der Waals surface area (Å²) in [5, 5.41) is 9.49. The Labute approximate surface area is 121 Å². The first-order chi connectivity index (χ1) is 10.0. The second-order valence-corrected chi connectivity index (χ2v) is 4.53. The van der Waals surface area contributed by atoms with E-state index in [1.165, 1.54) is 36.4 Å². The maximum absolute atomic E-state index is 13.0. The molecule has 2 nitrogen and oxygen atoms in total. The van der Waals surface area contributed by atoms with Gasteiger partial charge in [-0.1, -0.05) is 31.2 Å². The fraction of sp³-hybridized carbons (Fsp3) is 0.118. The normalized spacial score (nSPS) is 12.0. The number of carboxylic acid groups (broad SMARTS) is 1. The maximum atomic E-state index is 13.0. The lowest BCUT2D eigenvalue weighted by Crippen LogP contribution is -2.04. The summed E-state index contributed by atoms with van der Waals surface area (Å²) in [6.45, 7) is 1.82. The number of rotatable bonds is 4. The highest BCUT2D eigenvalue weighted by Gasteiger charge is 2.17. The lowest BCUT2D eigenvalue weighted by Gasteiger charge is -2.12. The van der Waals surface area contributed by atoms with Gasteiger partial charge in [0.25, 0.3) is 0 Å². The van der Waals surface area contributed by atoms with Crippen molar-refractivity contribution in [1.29, 1.82) is 0 Å². The molecule has 2 rings (SSSR count). The van der Waals surface area contributed by atoms with Crippen LogP contribution in [0.1, 0.15) is 24.5 Å². The fourth-order valence-electron chi connectivity index (χ4n) is 2.22. The van der Waals surface area contributed by atoms with E-state index in [1.807, 2.05) is 6.92 Å². The molecule has 0 unspecified atom stereocenters. The summed E-state index contributed by atoms with van der Waals surface area (Å²) in [7, 11) is 0. The molecule has 108 valence electrons. The predicted molar refractivity (Wildman–Crippen MR) is 77.5 cm³/mol. The van der Waals surface area contributed by atoms with Crippen molar-refractivity contribution in [2.75, 3.05) is 0 Å². The minimum Gasteiger partial charge on any atom is -0.478 e. The third-order valence-electron chi connectivity index (χ3n) is 3.19. The number of hydrogen-bond acceptors (Lipinski definition) is 1. The van der Waals surface area contributed by atoms with Crippen LogP contribution in [0.5, 0.6) is 0 Å². The van der Waals surface area contributed by atoms with Gasteiger partial charge in [0.1, 0.15) is 11.6 Å². The molecule has 0 aliphatic carbocycles. The van der Waals surface area contributed by atoms with Gasteiger partial charge in [0.2, 0.25) is 0 Å². The van der Waals surface area contributed by atoms with Crippen molar-refractivity contribution in [1.82, 2.24) is 0 Å². The highest BCUT2D eigenvalue weighted by Crippen LogP contribution is 2.29. The van der Waals surface area contributed by atoms with Crippen molar-refractivity contribution >= 4 is 17.1 Å². The molecule has 0 spiro atoms. The van der Waals surface area contributed by atoms with Crippen LogP contribution in [0.4, 0.5) is 8.78 Å². The molecule has 1 N–H and O–H groups in total. The van der Waals surface area contributed by atoms with Crippen molar-refractivity contribution in [3.05, 3.63) is 71.3 Å². The van der Waals surface area contributed by atoms with Crippen LogP contribution in [0.2, 0.25) is 0 Å². The Kier molecular flexibility index (Phi) is 4.48. The zero-order valence-electron chi connectivity index (χ0n) is 11.4. The molecule has 0 heterocycles. The van der Waals surface area contributed by atoms with E-state index in [9.17, 15) is 18.7 Å². The van der Waals surface area contributed by atoms with E-state index in [2.05, 4.69) is 0 Å². The summed E-state index contributed by atoms with van der Waals surface area (Å²) in [4.78, 5) is 11.6. The minimum atomic E-state index is -1.09.